The minimum absolute atomic E-state index is 0.00721. The van der Waals surface area contributed by atoms with E-state index in [9.17, 15) is 4.79 Å². The molecule has 2 saturated heterocycles. The quantitative estimate of drug-likeness (QED) is 0.812. The average Bonchev–Trinajstić information content (AvgIpc) is 3.10. The number of rotatable bonds is 1. The number of thiophene rings is 1. The second kappa shape index (κ2) is 5.53. The molecule has 0 radical (unpaired) electrons. The zero-order valence-corrected chi connectivity index (χ0v) is 14.6. The fraction of sp³-hybridized carbons (Fsp3) is 0.400. The monoisotopic (exact) mass is 374 g/mol. The van der Waals surface area contributed by atoms with Crippen molar-refractivity contribution in [2.45, 2.75) is 0 Å². The molecule has 2 atom stereocenters. The first kappa shape index (κ1) is 15.0. The first-order valence-electron chi connectivity index (χ1n) is 7.11. The molecule has 7 heteroatoms. The third-order valence-corrected chi connectivity index (χ3v) is 6.65. The summed E-state index contributed by atoms with van der Waals surface area (Å²) in [5.41, 5.74) is 0. The molecule has 0 spiro atoms. The predicted octanol–water partition coefficient (Wildman–Crippen LogP) is 4.15. The van der Waals surface area contributed by atoms with Gasteiger partial charge >= 0.3 is 0 Å². The lowest BCUT2D eigenvalue weighted by Crippen LogP contribution is -2.31. The van der Waals surface area contributed by atoms with Crippen LogP contribution in [0.2, 0.25) is 15.1 Å². The van der Waals surface area contributed by atoms with Gasteiger partial charge in [0.2, 0.25) is 0 Å². The highest BCUT2D eigenvalue weighted by molar-refractivity contribution is 7.21. The van der Waals surface area contributed by atoms with Crippen molar-refractivity contribution in [3.05, 3.63) is 32.1 Å². The third kappa shape index (κ3) is 2.33. The molecule has 4 rings (SSSR count). The van der Waals surface area contributed by atoms with Gasteiger partial charge in [-0.3, -0.25) is 4.79 Å². The maximum atomic E-state index is 12.8. The standard InChI is InChI=1S/C15H13Cl3N2OS/c16-9-1-10(17)12-11(2-9)22-14(13(12)18)15(21)20-5-7-3-19-4-8(7)6-20/h1-2,7-8,19H,3-6H2/t7-,8+. The fourth-order valence-electron chi connectivity index (χ4n) is 3.41. The summed E-state index contributed by atoms with van der Waals surface area (Å²) >= 11 is 20.1. The molecule has 1 aromatic heterocycles. The summed E-state index contributed by atoms with van der Waals surface area (Å²) in [4.78, 5) is 15.3. The van der Waals surface area contributed by atoms with E-state index in [0.717, 1.165) is 36.3 Å². The van der Waals surface area contributed by atoms with Gasteiger partial charge in [0.1, 0.15) is 4.88 Å². The normalized spacial score (nSPS) is 24.2. The smallest absolute Gasteiger partial charge is 0.265 e. The van der Waals surface area contributed by atoms with Crippen LogP contribution in [0.15, 0.2) is 12.1 Å². The molecule has 3 heterocycles. The van der Waals surface area contributed by atoms with Crippen molar-refractivity contribution in [3.63, 3.8) is 0 Å². The summed E-state index contributed by atoms with van der Waals surface area (Å²) in [6.45, 7) is 3.59. The number of nitrogens with one attached hydrogen (secondary N) is 1. The molecule has 2 fully saturated rings. The number of amides is 1. The van der Waals surface area contributed by atoms with Crippen LogP contribution in [0.25, 0.3) is 10.1 Å². The number of halogens is 3. The molecule has 1 N–H and O–H groups in total. The third-order valence-electron chi connectivity index (χ3n) is 4.52. The van der Waals surface area contributed by atoms with E-state index < -0.39 is 0 Å². The molecule has 0 unspecified atom stereocenters. The van der Waals surface area contributed by atoms with E-state index >= 15 is 0 Å². The molecule has 1 amide bonds. The number of hydrogen-bond acceptors (Lipinski definition) is 3. The van der Waals surface area contributed by atoms with E-state index in [2.05, 4.69) is 5.32 Å². The second-order valence-corrected chi connectivity index (χ2v) is 8.17. The number of hydrogen-bond donors (Lipinski definition) is 1. The Morgan fingerprint density at radius 2 is 1.86 bits per heavy atom. The number of fused-ring (bicyclic) bond motifs is 2. The van der Waals surface area contributed by atoms with E-state index in [4.69, 9.17) is 34.8 Å². The summed E-state index contributed by atoms with van der Waals surface area (Å²) in [6, 6.07) is 3.46. The van der Waals surface area contributed by atoms with Gasteiger partial charge in [-0.1, -0.05) is 34.8 Å². The molecule has 22 heavy (non-hydrogen) atoms. The Morgan fingerprint density at radius 3 is 2.55 bits per heavy atom. The second-order valence-electron chi connectivity index (χ2n) is 5.89. The Hall–Kier alpha value is -0.520. The van der Waals surface area contributed by atoms with Crippen molar-refractivity contribution in [2.75, 3.05) is 26.2 Å². The van der Waals surface area contributed by atoms with Crippen LogP contribution in [-0.4, -0.2) is 37.0 Å². The molecule has 0 aliphatic carbocycles. The van der Waals surface area contributed by atoms with Crippen LogP contribution in [0.4, 0.5) is 0 Å². The van der Waals surface area contributed by atoms with E-state index in [1.54, 1.807) is 12.1 Å². The highest BCUT2D eigenvalue weighted by Crippen LogP contribution is 2.42. The minimum Gasteiger partial charge on any atom is -0.337 e. The van der Waals surface area contributed by atoms with Crippen molar-refractivity contribution in [1.29, 1.82) is 0 Å². The lowest BCUT2D eigenvalue weighted by atomic mass is 10.0. The molecule has 0 saturated carbocycles. The van der Waals surface area contributed by atoms with Crippen molar-refractivity contribution in [2.24, 2.45) is 11.8 Å². The summed E-state index contributed by atoms with van der Waals surface area (Å²) < 4.78 is 0.854. The number of carbonyl (C=O) groups is 1. The van der Waals surface area contributed by atoms with Crippen LogP contribution >= 0.6 is 46.1 Å². The number of likely N-dealkylation sites (tertiary alicyclic amines) is 1. The molecule has 2 aromatic rings. The van der Waals surface area contributed by atoms with E-state index in [0.29, 0.717) is 31.8 Å². The van der Waals surface area contributed by atoms with Crippen LogP contribution in [0.1, 0.15) is 9.67 Å². The van der Waals surface area contributed by atoms with E-state index in [1.165, 1.54) is 11.3 Å². The number of benzene rings is 1. The summed E-state index contributed by atoms with van der Waals surface area (Å²) in [5.74, 6) is 1.14. The number of carbonyl (C=O) groups excluding carboxylic acids is 1. The topological polar surface area (TPSA) is 32.3 Å². The number of nitrogens with zero attached hydrogens (tertiary/aromatic N) is 1. The highest BCUT2D eigenvalue weighted by atomic mass is 35.5. The van der Waals surface area contributed by atoms with Gasteiger partial charge in [0.05, 0.1) is 10.0 Å². The van der Waals surface area contributed by atoms with Crippen LogP contribution in [0.3, 0.4) is 0 Å². The largest absolute Gasteiger partial charge is 0.337 e. The van der Waals surface area contributed by atoms with E-state index in [-0.39, 0.29) is 5.91 Å². The van der Waals surface area contributed by atoms with Crippen molar-refractivity contribution >= 4 is 62.1 Å². The minimum atomic E-state index is 0.00721. The Morgan fingerprint density at radius 1 is 1.18 bits per heavy atom. The molecule has 3 nitrogen and oxygen atoms in total. The Labute approximate surface area is 147 Å². The fourth-order valence-corrected chi connectivity index (χ4v) is 5.76. The molecule has 0 bridgehead atoms. The van der Waals surface area contributed by atoms with Gasteiger partial charge < -0.3 is 10.2 Å². The van der Waals surface area contributed by atoms with Gasteiger partial charge in [0.15, 0.2) is 0 Å². The zero-order valence-electron chi connectivity index (χ0n) is 11.5. The first-order valence-corrected chi connectivity index (χ1v) is 9.06. The van der Waals surface area contributed by atoms with Gasteiger partial charge in [0, 0.05) is 41.3 Å². The van der Waals surface area contributed by atoms with Crippen LogP contribution in [0.5, 0.6) is 0 Å². The van der Waals surface area contributed by atoms with Gasteiger partial charge in [0.25, 0.3) is 5.91 Å². The van der Waals surface area contributed by atoms with Gasteiger partial charge in [-0.2, -0.15) is 0 Å². The zero-order chi connectivity index (χ0) is 15.4. The first-order chi connectivity index (χ1) is 10.5. The van der Waals surface area contributed by atoms with Crippen molar-refractivity contribution in [3.8, 4) is 0 Å². The maximum absolute atomic E-state index is 12.8. The summed E-state index contributed by atoms with van der Waals surface area (Å²) in [5, 5.41) is 5.59. The molecule has 116 valence electrons. The molecule has 2 aliphatic rings. The molecule has 2 aliphatic heterocycles. The van der Waals surface area contributed by atoms with Crippen LogP contribution in [-0.2, 0) is 0 Å². The predicted molar refractivity (Wildman–Crippen MR) is 92.6 cm³/mol. The highest BCUT2D eigenvalue weighted by Gasteiger charge is 2.39. The lowest BCUT2D eigenvalue weighted by Gasteiger charge is -2.16. The summed E-state index contributed by atoms with van der Waals surface area (Å²) in [6.07, 6.45) is 0. The van der Waals surface area contributed by atoms with Crippen molar-refractivity contribution in [1.82, 2.24) is 10.2 Å². The average molecular weight is 376 g/mol. The van der Waals surface area contributed by atoms with Crippen LogP contribution in [0, 0.1) is 11.8 Å². The Balaban J connectivity index is 1.70. The SMILES string of the molecule is O=C(c1sc2cc(Cl)cc(Cl)c2c1Cl)N1C[C@H]2CNC[C@H]2C1. The maximum Gasteiger partial charge on any atom is 0.265 e. The van der Waals surface area contributed by atoms with Crippen molar-refractivity contribution < 1.29 is 4.79 Å². The molecule has 1 aromatic carbocycles. The van der Waals surface area contributed by atoms with Crippen LogP contribution < -0.4 is 5.32 Å². The Kier molecular flexibility index (Phi) is 3.78. The summed E-state index contributed by atoms with van der Waals surface area (Å²) in [7, 11) is 0. The lowest BCUT2D eigenvalue weighted by molar-refractivity contribution is 0.0786. The van der Waals surface area contributed by atoms with Gasteiger partial charge in [-0.15, -0.1) is 11.3 Å². The molecular weight excluding hydrogens is 363 g/mol. The van der Waals surface area contributed by atoms with E-state index in [1.807, 2.05) is 4.90 Å². The van der Waals surface area contributed by atoms with Gasteiger partial charge in [-0.25, -0.2) is 0 Å². The Bertz CT molecular complexity index is 764. The molecular formula is C15H13Cl3N2OS. The van der Waals surface area contributed by atoms with Gasteiger partial charge in [-0.05, 0) is 24.0 Å².